The zero-order chi connectivity index (χ0) is 11.9. The van der Waals surface area contributed by atoms with Gasteiger partial charge in [0.25, 0.3) is 0 Å². The number of aliphatic imine (C=N–C) groups is 1. The monoisotopic (exact) mass is 271 g/mol. The molecule has 0 heterocycles. The quantitative estimate of drug-likeness (QED) is 0.558. The summed E-state index contributed by atoms with van der Waals surface area (Å²) in [5, 5.41) is 4.45. The molecule has 0 saturated carbocycles. The summed E-state index contributed by atoms with van der Waals surface area (Å²) in [5.41, 5.74) is -0.0111. The van der Waals surface area contributed by atoms with Crippen molar-refractivity contribution in [2.24, 2.45) is 4.99 Å². The van der Waals surface area contributed by atoms with E-state index in [-0.39, 0.29) is 22.3 Å². The van der Waals surface area contributed by atoms with Crippen molar-refractivity contribution in [3.63, 3.8) is 0 Å². The molecule has 16 heavy (non-hydrogen) atoms. The van der Waals surface area contributed by atoms with Crippen LogP contribution in [0.25, 0.3) is 5.32 Å². The van der Waals surface area contributed by atoms with Gasteiger partial charge in [0, 0.05) is 16.8 Å². The molecule has 0 aromatic heterocycles. The topological polar surface area (TPSA) is 29.7 Å². The normalized spacial score (nSPS) is 12.6. The van der Waals surface area contributed by atoms with E-state index in [0.29, 0.717) is 0 Å². The number of amidine groups is 1. The molecule has 0 N–H and O–H groups in total. The molecule has 0 atom stereocenters. The second-order valence-electron chi connectivity index (χ2n) is 4.74. The largest absolute Gasteiger partial charge is 0.468 e. The number of hydrogen-bond donors (Lipinski definition) is 0. The van der Waals surface area contributed by atoms with Crippen LogP contribution in [0, 0.1) is 0 Å². The van der Waals surface area contributed by atoms with E-state index in [9.17, 15) is 0 Å². The van der Waals surface area contributed by atoms with E-state index in [1.165, 1.54) is 0 Å². The van der Waals surface area contributed by atoms with Crippen LogP contribution in [0.3, 0.4) is 0 Å². The van der Waals surface area contributed by atoms with Crippen LogP contribution in [0.4, 0.5) is 0 Å². The molecule has 0 spiro atoms. The van der Waals surface area contributed by atoms with Crippen molar-refractivity contribution < 1.29 is 16.8 Å². The Hall–Kier alpha value is -0.0635. The Kier molecular flexibility index (Phi) is 10.3. The molecule has 99 valence electrons. The van der Waals surface area contributed by atoms with Gasteiger partial charge in [-0.05, 0) is 38.6 Å². The molecule has 0 rings (SSSR count). The van der Waals surface area contributed by atoms with E-state index in [1.54, 1.807) is 0 Å². The fraction of sp³-hybridized carbons (Fsp3) is 0.917. The van der Waals surface area contributed by atoms with E-state index in [1.807, 2.05) is 6.92 Å². The standard InChI is InChI=1S/C12H26N3.Co/c1-7-15(8-2)10-9-13-11(3)14-12(4,5)6;/h7-10H2,1-6H3;/q-1;. The van der Waals surface area contributed by atoms with Gasteiger partial charge in [-0.2, -0.15) is 0 Å². The van der Waals surface area contributed by atoms with Crippen LogP contribution >= 0.6 is 0 Å². The Bertz CT molecular complexity index is 193. The van der Waals surface area contributed by atoms with Crippen LogP contribution in [0.2, 0.25) is 0 Å². The zero-order valence-electron chi connectivity index (χ0n) is 11.5. The average molecular weight is 271 g/mol. The van der Waals surface area contributed by atoms with Crippen molar-refractivity contribution in [1.82, 2.24) is 4.90 Å². The smallest absolute Gasteiger partial charge is 0 e. The molecule has 0 aromatic rings. The van der Waals surface area contributed by atoms with Gasteiger partial charge in [-0.25, -0.2) is 0 Å². The first-order valence-corrected chi connectivity index (χ1v) is 5.85. The molecule has 0 amide bonds. The molecule has 0 aromatic carbocycles. The van der Waals surface area contributed by atoms with Crippen molar-refractivity contribution in [2.45, 2.75) is 47.1 Å². The third-order valence-electron chi connectivity index (χ3n) is 2.15. The molecule has 0 fully saturated rings. The maximum Gasteiger partial charge on any atom is 0 e. The Balaban J connectivity index is 0. The molecule has 0 bridgehead atoms. The van der Waals surface area contributed by atoms with Gasteiger partial charge in [0.15, 0.2) is 0 Å². The van der Waals surface area contributed by atoms with E-state index in [4.69, 9.17) is 0 Å². The molecule has 1 radical (unpaired) electrons. The van der Waals surface area contributed by atoms with Crippen molar-refractivity contribution in [3.05, 3.63) is 5.32 Å². The van der Waals surface area contributed by atoms with Gasteiger partial charge in [-0.1, -0.05) is 40.5 Å². The Morgan fingerprint density at radius 2 is 1.69 bits per heavy atom. The van der Waals surface area contributed by atoms with E-state index in [0.717, 1.165) is 32.0 Å². The summed E-state index contributed by atoms with van der Waals surface area (Å²) in [6.07, 6.45) is 0. The average Bonchev–Trinajstić information content (AvgIpc) is 2.09. The SMILES string of the molecule is CCN(CC)CC[N-]C(C)=NC(C)(C)C.[Co]. The van der Waals surface area contributed by atoms with Gasteiger partial charge in [0.2, 0.25) is 0 Å². The molecule has 0 saturated heterocycles. The number of nitrogens with zero attached hydrogens (tertiary/aromatic N) is 3. The third-order valence-corrected chi connectivity index (χ3v) is 2.15. The number of likely N-dealkylation sites (N-methyl/N-ethyl adjacent to an activating group) is 1. The van der Waals surface area contributed by atoms with Crippen LogP contribution in [-0.2, 0) is 16.8 Å². The minimum Gasteiger partial charge on any atom is -0.468 e. The van der Waals surface area contributed by atoms with Crippen LogP contribution in [0.5, 0.6) is 0 Å². The summed E-state index contributed by atoms with van der Waals surface area (Å²) in [5.74, 6) is 0.912. The van der Waals surface area contributed by atoms with Gasteiger partial charge >= 0.3 is 0 Å². The predicted octanol–water partition coefficient (Wildman–Crippen LogP) is 2.92. The van der Waals surface area contributed by atoms with Gasteiger partial charge < -0.3 is 15.2 Å². The van der Waals surface area contributed by atoms with Gasteiger partial charge in [0.05, 0.1) is 0 Å². The van der Waals surface area contributed by atoms with Gasteiger partial charge in [0.1, 0.15) is 0 Å². The van der Waals surface area contributed by atoms with Crippen molar-refractivity contribution in [1.29, 1.82) is 0 Å². The summed E-state index contributed by atoms with van der Waals surface area (Å²) < 4.78 is 0. The Labute approximate surface area is 111 Å². The second kappa shape index (κ2) is 9.02. The number of rotatable bonds is 5. The molecule has 4 heteroatoms. The third kappa shape index (κ3) is 10.5. The van der Waals surface area contributed by atoms with Crippen LogP contribution in [-0.4, -0.2) is 42.5 Å². The predicted molar refractivity (Wildman–Crippen MR) is 68.9 cm³/mol. The first-order chi connectivity index (χ1) is 6.89. The van der Waals surface area contributed by atoms with Crippen molar-refractivity contribution in [2.75, 3.05) is 26.2 Å². The minimum atomic E-state index is -0.0111. The first-order valence-electron chi connectivity index (χ1n) is 5.85. The van der Waals surface area contributed by atoms with Crippen molar-refractivity contribution in [3.8, 4) is 0 Å². The molecular formula is C12H26CoN3-. The van der Waals surface area contributed by atoms with E-state index >= 15 is 0 Å². The second-order valence-corrected chi connectivity index (χ2v) is 4.74. The first kappa shape index (κ1) is 18.3. The Morgan fingerprint density at radius 1 is 1.19 bits per heavy atom. The number of hydrogen-bond acceptors (Lipinski definition) is 2. The zero-order valence-corrected chi connectivity index (χ0v) is 12.5. The Morgan fingerprint density at radius 3 is 2.06 bits per heavy atom. The van der Waals surface area contributed by atoms with E-state index in [2.05, 4.69) is 49.8 Å². The van der Waals surface area contributed by atoms with Crippen LogP contribution < -0.4 is 0 Å². The molecule has 0 aliphatic rings. The van der Waals surface area contributed by atoms with Gasteiger partial charge in [-0.3, -0.25) is 0 Å². The minimum absolute atomic E-state index is 0. The fourth-order valence-corrected chi connectivity index (χ4v) is 1.41. The summed E-state index contributed by atoms with van der Waals surface area (Å²) in [4.78, 5) is 6.86. The summed E-state index contributed by atoms with van der Waals surface area (Å²) in [7, 11) is 0. The molecular weight excluding hydrogens is 245 g/mol. The molecule has 0 aliphatic heterocycles. The molecule has 0 unspecified atom stereocenters. The molecule has 0 aliphatic carbocycles. The summed E-state index contributed by atoms with van der Waals surface area (Å²) in [6.45, 7) is 16.7. The fourth-order valence-electron chi connectivity index (χ4n) is 1.41. The van der Waals surface area contributed by atoms with E-state index < -0.39 is 0 Å². The summed E-state index contributed by atoms with van der Waals surface area (Å²) in [6, 6.07) is 0. The molecule has 3 nitrogen and oxygen atoms in total. The summed E-state index contributed by atoms with van der Waals surface area (Å²) >= 11 is 0. The maximum atomic E-state index is 4.49. The maximum absolute atomic E-state index is 4.49. The van der Waals surface area contributed by atoms with Crippen LogP contribution in [0.1, 0.15) is 41.5 Å². The van der Waals surface area contributed by atoms with Gasteiger partial charge in [-0.15, -0.1) is 0 Å². The van der Waals surface area contributed by atoms with Crippen molar-refractivity contribution >= 4 is 5.84 Å². The van der Waals surface area contributed by atoms with Crippen LogP contribution in [0.15, 0.2) is 4.99 Å².